The highest BCUT2D eigenvalue weighted by molar-refractivity contribution is 6.74. The van der Waals surface area contributed by atoms with Gasteiger partial charge in [0.2, 0.25) is 0 Å². The average molecular weight is 687 g/mol. The molecule has 0 saturated carbocycles. The Bertz CT molecular complexity index is 1190. The topological polar surface area (TPSA) is 71.1 Å². The normalized spacial score (nSPS) is 29.0. The molecular weight excluding hydrogens is 621 g/mol. The molecule has 266 valence electrons. The fourth-order valence-electron chi connectivity index (χ4n) is 6.86. The summed E-state index contributed by atoms with van der Waals surface area (Å²) in [5.41, 5.74) is 0.469. The van der Waals surface area contributed by atoms with Crippen molar-refractivity contribution in [2.24, 2.45) is 23.2 Å². The first kappa shape index (κ1) is 39.7. The van der Waals surface area contributed by atoms with Crippen molar-refractivity contribution in [1.29, 1.82) is 0 Å². The van der Waals surface area contributed by atoms with Gasteiger partial charge in [0, 0.05) is 18.8 Å². The van der Waals surface area contributed by atoms with Gasteiger partial charge in [-0.25, -0.2) is 0 Å². The van der Waals surface area contributed by atoms with Crippen LogP contribution in [0.3, 0.4) is 0 Å². The number of rotatable bonds is 13. The molecule has 3 rings (SSSR count). The summed E-state index contributed by atoms with van der Waals surface area (Å²) in [5.74, 6) is 0.169. The number of hydrogen-bond donors (Lipinski definition) is 0. The standard InChI is InChI=1S/C39H66O6Si2/c1-15-21-39(10,22-16-2)36(41)43-33-25-30(44-46(11,12)37(4,5)6)23-28-18-17-27(3)32(35(28)33)20-19-29-24-31(26-34(40)42-29)45-47(13,14)38(7,8)9/h15-18,23,27,29-33,35H,1-2,19-22,24-26H2,3-14H3/t27-,29+,30+,31+,32-,33-,35-/m0/s1. The van der Waals surface area contributed by atoms with E-state index in [2.05, 4.69) is 106 Å². The molecule has 6 nitrogen and oxygen atoms in total. The summed E-state index contributed by atoms with van der Waals surface area (Å²) in [4.78, 5) is 26.7. The molecule has 0 aromatic carbocycles. The van der Waals surface area contributed by atoms with E-state index in [4.69, 9.17) is 18.3 Å². The maximum atomic E-state index is 13.9. The fourth-order valence-corrected chi connectivity index (χ4v) is 9.50. The number of cyclic esters (lactones) is 1. The van der Waals surface area contributed by atoms with Crippen LogP contribution in [0, 0.1) is 23.2 Å². The third-order valence-electron chi connectivity index (χ3n) is 11.9. The van der Waals surface area contributed by atoms with Gasteiger partial charge in [-0.3, -0.25) is 9.59 Å². The van der Waals surface area contributed by atoms with Gasteiger partial charge in [0.1, 0.15) is 12.2 Å². The molecule has 1 heterocycles. The molecule has 0 spiro atoms. The van der Waals surface area contributed by atoms with Crippen molar-refractivity contribution in [3.05, 3.63) is 49.1 Å². The van der Waals surface area contributed by atoms with Crippen molar-refractivity contribution in [3.8, 4) is 0 Å². The van der Waals surface area contributed by atoms with E-state index < -0.39 is 22.0 Å². The Labute approximate surface area is 289 Å². The molecule has 1 saturated heterocycles. The molecule has 2 aliphatic carbocycles. The zero-order valence-corrected chi connectivity index (χ0v) is 33.7. The second-order valence-electron chi connectivity index (χ2n) is 17.8. The van der Waals surface area contributed by atoms with E-state index in [-0.39, 0.29) is 64.2 Å². The molecule has 47 heavy (non-hydrogen) atoms. The molecule has 0 radical (unpaired) electrons. The summed E-state index contributed by atoms with van der Waals surface area (Å²) in [6.07, 6.45) is 14.0. The second-order valence-corrected chi connectivity index (χ2v) is 27.4. The van der Waals surface area contributed by atoms with Gasteiger partial charge >= 0.3 is 11.9 Å². The van der Waals surface area contributed by atoms with Gasteiger partial charge in [-0.15, -0.1) is 13.2 Å². The molecular formula is C39H66O6Si2. The first-order chi connectivity index (χ1) is 21.5. The molecule has 0 N–H and O–H groups in total. The lowest BCUT2D eigenvalue weighted by atomic mass is 9.66. The second kappa shape index (κ2) is 15.0. The van der Waals surface area contributed by atoms with Crippen LogP contribution in [0.5, 0.6) is 0 Å². The fraction of sp³-hybridized carbons (Fsp3) is 0.744. The molecule has 1 fully saturated rings. The van der Waals surface area contributed by atoms with Gasteiger partial charge < -0.3 is 18.3 Å². The average Bonchev–Trinajstić information content (AvgIpc) is 2.91. The zero-order valence-electron chi connectivity index (χ0n) is 31.7. The molecule has 0 aromatic rings. The van der Waals surface area contributed by atoms with Crippen LogP contribution in [0.2, 0.25) is 36.3 Å². The summed E-state index contributed by atoms with van der Waals surface area (Å²) in [7, 11) is -4.11. The van der Waals surface area contributed by atoms with Crippen molar-refractivity contribution >= 4 is 28.6 Å². The van der Waals surface area contributed by atoms with Crippen LogP contribution in [0.25, 0.3) is 0 Å². The van der Waals surface area contributed by atoms with Crippen LogP contribution in [0.4, 0.5) is 0 Å². The minimum absolute atomic E-state index is 0.0356. The van der Waals surface area contributed by atoms with Crippen molar-refractivity contribution < 1.29 is 27.9 Å². The maximum Gasteiger partial charge on any atom is 0.312 e. The van der Waals surface area contributed by atoms with Crippen molar-refractivity contribution in [2.45, 2.75) is 161 Å². The highest BCUT2D eigenvalue weighted by Crippen LogP contribution is 2.47. The number of carbonyl (C=O) groups is 2. The van der Waals surface area contributed by atoms with Gasteiger partial charge in [-0.05, 0) is 86.3 Å². The molecule has 0 bridgehead atoms. The smallest absolute Gasteiger partial charge is 0.312 e. The van der Waals surface area contributed by atoms with Crippen LogP contribution in [0.15, 0.2) is 49.1 Å². The molecule has 0 unspecified atom stereocenters. The van der Waals surface area contributed by atoms with E-state index >= 15 is 0 Å². The van der Waals surface area contributed by atoms with Gasteiger partial charge in [0.25, 0.3) is 0 Å². The third-order valence-corrected chi connectivity index (χ3v) is 20.9. The minimum Gasteiger partial charge on any atom is -0.462 e. The quantitative estimate of drug-likeness (QED) is 0.109. The number of hydrogen-bond acceptors (Lipinski definition) is 6. The number of carbonyl (C=O) groups excluding carboxylic acids is 2. The molecule has 7 atom stereocenters. The number of esters is 2. The Morgan fingerprint density at radius 3 is 2.06 bits per heavy atom. The molecule has 8 heteroatoms. The maximum absolute atomic E-state index is 13.9. The zero-order chi connectivity index (χ0) is 35.6. The summed E-state index contributed by atoms with van der Waals surface area (Å²) in [6.45, 7) is 34.5. The molecule has 0 aromatic heterocycles. The molecule has 0 amide bonds. The van der Waals surface area contributed by atoms with Gasteiger partial charge in [-0.1, -0.05) is 78.8 Å². The Morgan fingerprint density at radius 1 is 0.936 bits per heavy atom. The van der Waals surface area contributed by atoms with E-state index in [1.165, 1.54) is 5.57 Å². The lowest BCUT2D eigenvalue weighted by molar-refractivity contribution is -0.167. The van der Waals surface area contributed by atoms with Gasteiger partial charge in [0.15, 0.2) is 16.6 Å². The predicted octanol–water partition coefficient (Wildman–Crippen LogP) is 10.1. The first-order valence-corrected chi connectivity index (χ1v) is 23.7. The Morgan fingerprint density at radius 2 is 1.51 bits per heavy atom. The van der Waals surface area contributed by atoms with Gasteiger partial charge in [-0.2, -0.15) is 0 Å². The van der Waals surface area contributed by atoms with Crippen LogP contribution in [-0.4, -0.2) is 53.0 Å². The SMILES string of the molecule is C=CCC(C)(CC=C)C(=O)O[C@H]1C[C@H](O[Si](C)(C)C(C)(C)C)C=C2C=C[C@H](C)[C@H](CC[C@@H]3C[C@@H](O[Si](C)(C)C(C)(C)C)CC(=O)O3)[C@H]21. The highest BCUT2D eigenvalue weighted by Gasteiger charge is 2.47. The van der Waals surface area contributed by atoms with E-state index in [1.807, 2.05) is 6.92 Å². The highest BCUT2D eigenvalue weighted by atomic mass is 28.4. The predicted molar refractivity (Wildman–Crippen MR) is 198 cm³/mol. The van der Waals surface area contributed by atoms with Gasteiger partial charge in [0.05, 0.1) is 24.0 Å². The monoisotopic (exact) mass is 686 g/mol. The summed E-state index contributed by atoms with van der Waals surface area (Å²) < 4.78 is 26.1. The number of fused-ring (bicyclic) bond motifs is 1. The van der Waals surface area contributed by atoms with Crippen molar-refractivity contribution in [2.75, 3.05) is 0 Å². The third kappa shape index (κ3) is 9.70. The van der Waals surface area contributed by atoms with E-state index in [0.29, 0.717) is 25.7 Å². The van der Waals surface area contributed by atoms with Crippen LogP contribution in [0.1, 0.15) is 100 Å². The Balaban J connectivity index is 1.89. The van der Waals surface area contributed by atoms with E-state index in [9.17, 15) is 9.59 Å². The molecule has 3 aliphatic rings. The summed E-state index contributed by atoms with van der Waals surface area (Å²) in [5, 5.41) is 0.132. The van der Waals surface area contributed by atoms with Crippen LogP contribution >= 0.6 is 0 Å². The summed E-state index contributed by atoms with van der Waals surface area (Å²) in [6, 6.07) is 0. The Kier molecular flexibility index (Phi) is 12.7. The Hall–Kier alpha value is -1.75. The number of ether oxygens (including phenoxy) is 2. The summed E-state index contributed by atoms with van der Waals surface area (Å²) >= 11 is 0. The minimum atomic E-state index is -2.08. The number of allylic oxidation sites excluding steroid dienone is 4. The largest absolute Gasteiger partial charge is 0.462 e. The van der Waals surface area contributed by atoms with Crippen molar-refractivity contribution in [1.82, 2.24) is 0 Å². The molecule has 1 aliphatic heterocycles. The van der Waals surface area contributed by atoms with E-state index in [1.54, 1.807) is 12.2 Å². The van der Waals surface area contributed by atoms with Crippen LogP contribution < -0.4 is 0 Å². The van der Waals surface area contributed by atoms with E-state index in [0.717, 1.165) is 19.3 Å². The first-order valence-electron chi connectivity index (χ1n) is 17.9. The lowest BCUT2D eigenvalue weighted by Crippen LogP contribution is -2.49. The van der Waals surface area contributed by atoms with Crippen LogP contribution in [-0.2, 0) is 27.9 Å². The lowest BCUT2D eigenvalue weighted by Gasteiger charge is -2.46. The van der Waals surface area contributed by atoms with Crippen molar-refractivity contribution in [3.63, 3.8) is 0 Å².